The number of carbonyl (C=O) groups is 2. The molecule has 0 fully saturated rings. The number of benzene rings is 2. The molecule has 0 bridgehead atoms. The molecule has 0 aromatic heterocycles. The van der Waals surface area contributed by atoms with Gasteiger partial charge < -0.3 is 20.1 Å². The number of carbonyl (C=O) groups excluding carboxylic acids is 2. The molecule has 0 spiro atoms. The van der Waals surface area contributed by atoms with Crippen LogP contribution in [0.3, 0.4) is 0 Å². The van der Waals surface area contributed by atoms with Crippen molar-refractivity contribution < 1.29 is 19.1 Å². The van der Waals surface area contributed by atoms with E-state index in [0.717, 1.165) is 11.3 Å². The highest BCUT2D eigenvalue weighted by Crippen LogP contribution is 2.36. The van der Waals surface area contributed by atoms with Crippen LogP contribution < -0.4 is 20.1 Å². The van der Waals surface area contributed by atoms with E-state index in [0.29, 0.717) is 29.5 Å². The molecule has 0 saturated heterocycles. The van der Waals surface area contributed by atoms with Crippen LogP contribution in [-0.2, 0) is 10.2 Å². The molecule has 1 atom stereocenters. The molecule has 172 valence electrons. The highest BCUT2D eigenvalue weighted by molar-refractivity contribution is 7.98. The van der Waals surface area contributed by atoms with Gasteiger partial charge in [0.1, 0.15) is 6.04 Å². The second kappa shape index (κ2) is 10.7. The molecular formula is C23H26Cl2N2O4S. The molecule has 2 amide bonds. The molecule has 0 radical (unpaired) electrons. The maximum Gasteiger partial charge on any atom is 0.253 e. The lowest BCUT2D eigenvalue weighted by molar-refractivity contribution is -0.123. The summed E-state index contributed by atoms with van der Waals surface area (Å²) in [6.07, 6.45) is 2.45. The zero-order valence-electron chi connectivity index (χ0n) is 18.2. The summed E-state index contributed by atoms with van der Waals surface area (Å²) in [6.45, 7) is 4.67. The highest BCUT2D eigenvalue weighted by Gasteiger charge is 2.27. The number of thioether (sulfide) groups is 1. The van der Waals surface area contributed by atoms with Gasteiger partial charge >= 0.3 is 0 Å². The number of hydrogen-bond acceptors (Lipinski definition) is 5. The van der Waals surface area contributed by atoms with Crippen molar-refractivity contribution in [2.45, 2.75) is 31.7 Å². The average Bonchev–Trinajstić information content (AvgIpc) is 3.22. The van der Waals surface area contributed by atoms with Gasteiger partial charge in [0, 0.05) is 17.0 Å². The van der Waals surface area contributed by atoms with Crippen LogP contribution in [0.15, 0.2) is 36.4 Å². The third kappa shape index (κ3) is 6.03. The molecule has 6 nitrogen and oxygen atoms in total. The Balaban J connectivity index is 1.66. The van der Waals surface area contributed by atoms with Crippen LogP contribution in [0.4, 0.5) is 0 Å². The third-order valence-corrected chi connectivity index (χ3v) is 6.46. The van der Waals surface area contributed by atoms with Crippen LogP contribution in [0.2, 0.25) is 10.0 Å². The van der Waals surface area contributed by atoms with E-state index < -0.39 is 11.9 Å². The first-order chi connectivity index (χ1) is 15.2. The summed E-state index contributed by atoms with van der Waals surface area (Å²) in [5, 5.41) is 6.48. The van der Waals surface area contributed by atoms with Crippen molar-refractivity contribution in [1.29, 1.82) is 0 Å². The molecule has 0 saturated carbocycles. The van der Waals surface area contributed by atoms with Gasteiger partial charge in [-0.1, -0.05) is 43.1 Å². The average molecular weight is 497 g/mol. The molecule has 32 heavy (non-hydrogen) atoms. The summed E-state index contributed by atoms with van der Waals surface area (Å²) >= 11 is 13.7. The predicted octanol–water partition coefficient (Wildman–Crippen LogP) is 4.67. The zero-order chi connectivity index (χ0) is 23.3. The predicted molar refractivity (Wildman–Crippen MR) is 129 cm³/mol. The molecule has 9 heteroatoms. The van der Waals surface area contributed by atoms with E-state index >= 15 is 0 Å². The van der Waals surface area contributed by atoms with E-state index in [2.05, 4.69) is 10.6 Å². The van der Waals surface area contributed by atoms with Crippen molar-refractivity contribution in [3.8, 4) is 11.5 Å². The Morgan fingerprint density at radius 2 is 1.88 bits per heavy atom. The minimum absolute atomic E-state index is 0.213. The Morgan fingerprint density at radius 3 is 2.59 bits per heavy atom. The van der Waals surface area contributed by atoms with Gasteiger partial charge in [-0.3, -0.25) is 9.59 Å². The van der Waals surface area contributed by atoms with Crippen molar-refractivity contribution in [3.63, 3.8) is 0 Å². The van der Waals surface area contributed by atoms with Crippen LogP contribution in [0.25, 0.3) is 0 Å². The third-order valence-electron chi connectivity index (χ3n) is 5.27. The Morgan fingerprint density at radius 1 is 1.12 bits per heavy atom. The van der Waals surface area contributed by atoms with Crippen molar-refractivity contribution in [1.82, 2.24) is 10.6 Å². The van der Waals surface area contributed by atoms with E-state index in [1.54, 1.807) is 23.9 Å². The summed E-state index contributed by atoms with van der Waals surface area (Å²) in [7, 11) is 0. The van der Waals surface area contributed by atoms with Crippen LogP contribution in [-0.4, -0.2) is 43.2 Å². The van der Waals surface area contributed by atoms with E-state index in [1.807, 2.05) is 38.3 Å². The molecule has 3 rings (SSSR count). The number of hydrogen-bond donors (Lipinski definition) is 2. The first-order valence-electron chi connectivity index (χ1n) is 10.1. The molecule has 1 unspecified atom stereocenters. The number of fused-ring (bicyclic) bond motifs is 1. The first-order valence-corrected chi connectivity index (χ1v) is 12.3. The maximum absolute atomic E-state index is 13.0. The Labute approximate surface area is 202 Å². The maximum atomic E-state index is 13.0. The summed E-state index contributed by atoms with van der Waals surface area (Å²) < 4.78 is 10.8. The molecule has 0 aliphatic carbocycles. The topological polar surface area (TPSA) is 76.7 Å². The van der Waals surface area contributed by atoms with Gasteiger partial charge in [-0.05, 0) is 54.3 Å². The van der Waals surface area contributed by atoms with Gasteiger partial charge in [0.15, 0.2) is 11.5 Å². The van der Waals surface area contributed by atoms with E-state index in [1.165, 1.54) is 6.07 Å². The summed E-state index contributed by atoms with van der Waals surface area (Å²) in [5.41, 5.74) is 0.933. The van der Waals surface area contributed by atoms with Crippen molar-refractivity contribution >= 4 is 46.8 Å². The summed E-state index contributed by atoms with van der Waals surface area (Å²) in [6, 6.07) is 9.73. The van der Waals surface area contributed by atoms with Crippen molar-refractivity contribution in [3.05, 3.63) is 57.6 Å². The summed E-state index contributed by atoms with van der Waals surface area (Å²) in [4.78, 5) is 25.7. The van der Waals surface area contributed by atoms with Crippen LogP contribution in [0.5, 0.6) is 11.5 Å². The Bertz CT molecular complexity index is 1000. The summed E-state index contributed by atoms with van der Waals surface area (Å²) in [5.74, 6) is 1.48. The van der Waals surface area contributed by atoms with Gasteiger partial charge in [-0.15, -0.1) is 0 Å². The lowest BCUT2D eigenvalue weighted by atomic mass is 9.84. The first kappa shape index (κ1) is 24.6. The Hall–Kier alpha value is -2.09. The second-order valence-electron chi connectivity index (χ2n) is 8.10. The molecular weight excluding hydrogens is 471 g/mol. The Kier molecular flexibility index (Phi) is 8.20. The van der Waals surface area contributed by atoms with E-state index in [4.69, 9.17) is 32.7 Å². The zero-order valence-corrected chi connectivity index (χ0v) is 20.5. The van der Waals surface area contributed by atoms with Crippen molar-refractivity contribution in [2.24, 2.45) is 0 Å². The van der Waals surface area contributed by atoms with E-state index in [-0.39, 0.29) is 28.7 Å². The molecule has 1 heterocycles. The number of halogens is 2. The van der Waals surface area contributed by atoms with E-state index in [9.17, 15) is 9.59 Å². The highest BCUT2D eigenvalue weighted by atomic mass is 35.5. The fourth-order valence-electron chi connectivity index (χ4n) is 3.26. The SMILES string of the molecule is CSCCC(NC(=O)c1ccc(Cl)cc1Cl)C(=O)NCC(C)(C)c1ccc2c(c1)OCO2. The van der Waals surface area contributed by atoms with Gasteiger partial charge in [-0.25, -0.2) is 0 Å². The molecule has 2 aromatic rings. The normalized spacial score (nSPS) is 13.5. The van der Waals surface area contributed by atoms with Crippen molar-refractivity contribution in [2.75, 3.05) is 25.3 Å². The molecule has 2 N–H and O–H groups in total. The fraction of sp³-hybridized carbons (Fsp3) is 0.391. The van der Waals surface area contributed by atoms with Crippen LogP contribution >= 0.6 is 35.0 Å². The van der Waals surface area contributed by atoms with Gasteiger partial charge in [0.2, 0.25) is 12.7 Å². The lowest BCUT2D eigenvalue weighted by Crippen LogP contribution is -2.49. The minimum atomic E-state index is -0.686. The largest absolute Gasteiger partial charge is 0.454 e. The van der Waals surface area contributed by atoms with Gasteiger partial charge in [0.05, 0.1) is 10.6 Å². The fourth-order valence-corrected chi connectivity index (χ4v) is 4.23. The molecule has 1 aliphatic heterocycles. The van der Waals surface area contributed by atoms with Gasteiger partial charge in [0.25, 0.3) is 5.91 Å². The standard InChI is InChI=1S/C23H26Cl2N2O4S/c1-23(2,14-4-7-19-20(10-14)31-13-30-19)12-26-22(29)18(8-9-32-3)27-21(28)16-6-5-15(24)11-17(16)25/h4-7,10-11,18H,8-9,12-13H2,1-3H3,(H,26,29)(H,27,28). The molecule has 1 aliphatic rings. The quantitative estimate of drug-likeness (QED) is 0.527. The second-order valence-corrected chi connectivity index (χ2v) is 9.93. The van der Waals surface area contributed by atoms with Crippen LogP contribution in [0.1, 0.15) is 36.2 Å². The minimum Gasteiger partial charge on any atom is -0.454 e. The van der Waals surface area contributed by atoms with Gasteiger partial charge in [-0.2, -0.15) is 11.8 Å². The lowest BCUT2D eigenvalue weighted by Gasteiger charge is -2.27. The van der Waals surface area contributed by atoms with Crippen LogP contribution in [0, 0.1) is 0 Å². The number of nitrogens with one attached hydrogen (secondary N) is 2. The smallest absolute Gasteiger partial charge is 0.253 e. The number of ether oxygens (including phenoxy) is 2. The number of amides is 2. The molecule has 2 aromatic carbocycles. The number of rotatable bonds is 9. The monoisotopic (exact) mass is 496 g/mol.